The minimum atomic E-state index is 0.266. The van der Waals surface area contributed by atoms with Crippen LogP contribution in [-0.2, 0) is 0 Å². The van der Waals surface area contributed by atoms with E-state index in [-0.39, 0.29) is 12.1 Å². The summed E-state index contributed by atoms with van der Waals surface area (Å²) in [5.74, 6) is 1.30. The van der Waals surface area contributed by atoms with Crippen LogP contribution in [0.15, 0.2) is 43.0 Å². The zero-order chi connectivity index (χ0) is 17.1. The number of rotatable bonds is 4. The van der Waals surface area contributed by atoms with Crippen molar-refractivity contribution in [1.29, 1.82) is 0 Å². The highest BCUT2D eigenvalue weighted by atomic mass is 16.5. The second-order valence-electron chi connectivity index (χ2n) is 6.01. The Morgan fingerprint density at radius 1 is 1.08 bits per heavy atom. The molecule has 3 aromatic rings. The van der Waals surface area contributed by atoms with E-state index in [9.17, 15) is 0 Å². The maximum atomic E-state index is 5.94. The van der Waals surface area contributed by atoms with E-state index in [1.807, 2.05) is 30.5 Å². The summed E-state index contributed by atoms with van der Waals surface area (Å²) in [7, 11) is 0. The van der Waals surface area contributed by atoms with Gasteiger partial charge in [0.2, 0.25) is 5.95 Å². The van der Waals surface area contributed by atoms with E-state index in [1.165, 1.54) is 6.33 Å². The molecule has 1 saturated heterocycles. The number of hydrogen-bond donors (Lipinski definition) is 2. The molecule has 8 nitrogen and oxygen atoms in total. The van der Waals surface area contributed by atoms with E-state index >= 15 is 0 Å². The molecule has 0 bridgehead atoms. The average Bonchev–Trinajstić information content (AvgIpc) is 3.18. The second kappa shape index (κ2) is 6.86. The highest BCUT2D eigenvalue weighted by Crippen LogP contribution is 2.24. The number of piperidine rings is 1. The number of aromatic amines is 1. The third-order valence-electron chi connectivity index (χ3n) is 4.25. The molecule has 2 aromatic heterocycles. The van der Waals surface area contributed by atoms with Crippen LogP contribution in [0.5, 0.6) is 11.8 Å². The van der Waals surface area contributed by atoms with E-state index in [0.29, 0.717) is 11.7 Å². The van der Waals surface area contributed by atoms with Crippen molar-refractivity contribution in [3.63, 3.8) is 0 Å². The molecule has 0 unspecified atom stereocenters. The SMILES string of the molecule is NC1CCN(c2ncnc(Oc3ccc(-c4cn[nH]c4)cc3)n2)CC1. The van der Waals surface area contributed by atoms with Gasteiger partial charge < -0.3 is 15.4 Å². The third kappa shape index (κ3) is 3.58. The van der Waals surface area contributed by atoms with Gasteiger partial charge in [0.05, 0.1) is 6.20 Å². The van der Waals surface area contributed by atoms with Crippen LogP contribution in [0, 0.1) is 0 Å². The summed E-state index contributed by atoms with van der Waals surface area (Å²) in [6.45, 7) is 1.70. The topological polar surface area (TPSA) is 106 Å². The summed E-state index contributed by atoms with van der Waals surface area (Å²) < 4.78 is 5.77. The van der Waals surface area contributed by atoms with Gasteiger partial charge in [-0.2, -0.15) is 15.1 Å². The van der Waals surface area contributed by atoms with Crippen molar-refractivity contribution >= 4 is 5.95 Å². The fraction of sp³-hybridized carbons (Fsp3) is 0.294. The number of nitrogens with two attached hydrogens (primary N) is 1. The van der Waals surface area contributed by atoms with Gasteiger partial charge in [-0.15, -0.1) is 0 Å². The second-order valence-corrected chi connectivity index (χ2v) is 6.01. The van der Waals surface area contributed by atoms with Crippen LogP contribution in [-0.4, -0.2) is 44.3 Å². The Morgan fingerprint density at radius 2 is 1.88 bits per heavy atom. The molecule has 1 fully saturated rings. The van der Waals surface area contributed by atoms with E-state index in [0.717, 1.165) is 37.1 Å². The summed E-state index contributed by atoms with van der Waals surface area (Å²) in [6, 6.07) is 8.25. The Balaban J connectivity index is 1.46. The van der Waals surface area contributed by atoms with Crippen molar-refractivity contribution in [3.05, 3.63) is 43.0 Å². The molecule has 0 amide bonds. The molecule has 1 aromatic carbocycles. The Morgan fingerprint density at radius 3 is 2.60 bits per heavy atom. The van der Waals surface area contributed by atoms with Crippen molar-refractivity contribution in [2.75, 3.05) is 18.0 Å². The van der Waals surface area contributed by atoms with Crippen molar-refractivity contribution in [2.24, 2.45) is 5.73 Å². The van der Waals surface area contributed by atoms with Crippen LogP contribution in [0.1, 0.15) is 12.8 Å². The minimum absolute atomic E-state index is 0.266. The summed E-state index contributed by atoms with van der Waals surface area (Å²) in [5, 5.41) is 6.75. The van der Waals surface area contributed by atoms with E-state index in [2.05, 4.69) is 30.0 Å². The lowest BCUT2D eigenvalue weighted by atomic mass is 10.1. The molecule has 3 heterocycles. The Labute approximate surface area is 145 Å². The molecule has 0 aliphatic carbocycles. The molecular weight excluding hydrogens is 318 g/mol. The molecule has 0 spiro atoms. The van der Waals surface area contributed by atoms with E-state index < -0.39 is 0 Å². The molecular formula is C17H19N7O. The minimum Gasteiger partial charge on any atom is -0.424 e. The molecule has 128 valence electrons. The van der Waals surface area contributed by atoms with Crippen LogP contribution >= 0.6 is 0 Å². The van der Waals surface area contributed by atoms with Crippen LogP contribution in [0.4, 0.5) is 5.95 Å². The largest absolute Gasteiger partial charge is 0.424 e. The van der Waals surface area contributed by atoms with Gasteiger partial charge in [0.25, 0.3) is 0 Å². The smallest absolute Gasteiger partial charge is 0.326 e. The maximum absolute atomic E-state index is 5.94. The highest BCUT2D eigenvalue weighted by molar-refractivity contribution is 5.62. The number of ether oxygens (including phenoxy) is 1. The summed E-state index contributed by atoms with van der Waals surface area (Å²) in [6.07, 6.45) is 6.98. The fourth-order valence-electron chi connectivity index (χ4n) is 2.80. The van der Waals surface area contributed by atoms with E-state index in [1.54, 1.807) is 6.20 Å². The van der Waals surface area contributed by atoms with Gasteiger partial charge in [-0.25, -0.2) is 4.98 Å². The number of hydrogen-bond acceptors (Lipinski definition) is 7. The molecule has 1 aliphatic heterocycles. The molecule has 0 radical (unpaired) electrons. The average molecular weight is 337 g/mol. The third-order valence-corrected chi connectivity index (χ3v) is 4.25. The Hall–Kier alpha value is -3.00. The number of H-pyrrole nitrogens is 1. The van der Waals surface area contributed by atoms with Gasteiger partial charge >= 0.3 is 6.01 Å². The van der Waals surface area contributed by atoms with Gasteiger partial charge in [-0.05, 0) is 30.5 Å². The van der Waals surface area contributed by atoms with Crippen LogP contribution in [0.2, 0.25) is 0 Å². The summed E-state index contributed by atoms with van der Waals surface area (Å²) >= 11 is 0. The quantitative estimate of drug-likeness (QED) is 0.750. The lowest BCUT2D eigenvalue weighted by Crippen LogP contribution is -2.40. The molecule has 3 N–H and O–H groups in total. The first-order valence-electron chi connectivity index (χ1n) is 8.24. The molecule has 0 atom stereocenters. The lowest BCUT2D eigenvalue weighted by Gasteiger charge is -2.29. The van der Waals surface area contributed by atoms with Crippen molar-refractivity contribution < 1.29 is 4.74 Å². The monoisotopic (exact) mass is 337 g/mol. The maximum Gasteiger partial charge on any atom is 0.326 e. The van der Waals surface area contributed by atoms with Gasteiger partial charge in [0, 0.05) is 30.9 Å². The summed E-state index contributed by atoms with van der Waals surface area (Å²) in [4.78, 5) is 14.9. The zero-order valence-electron chi connectivity index (χ0n) is 13.7. The molecule has 0 saturated carbocycles. The normalized spacial score (nSPS) is 15.3. The number of aromatic nitrogens is 5. The Bertz CT molecular complexity index is 811. The van der Waals surface area contributed by atoms with Gasteiger partial charge in [-0.1, -0.05) is 12.1 Å². The first kappa shape index (κ1) is 15.5. The van der Waals surface area contributed by atoms with Gasteiger partial charge in [0.1, 0.15) is 12.1 Å². The van der Waals surface area contributed by atoms with Crippen LogP contribution < -0.4 is 15.4 Å². The van der Waals surface area contributed by atoms with Crippen molar-refractivity contribution in [3.8, 4) is 22.9 Å². The van der Waals surface area contributed by atoms with Crippen LogP contribution in [0.3, 0.4) is 0 Å². The van der Waals surface area contributed by atoms with Crippen LogP contribution in [0.25, 0.3) is 11.1 Å². The van der Waals surface area contributed by atoms with Crippen molar-refractivity contribution in [2.45, 2.75) is 18.9 Å². The van der Waals surface area contributed by atoms with E-state index in [4.69, 9.17) is 10.5 Å². The summed E-state index contributed by atoms with van der Waals surface area (Å²) in [5.41, 5.74) is 8.03. The molecule has 8 heteroatoms. The van der Waals surface area contributed by atoms with Gasteiger partial charge in [-0.3, -0.25) is 5.10 Å². The number of benzene rings is 1. The molecule has 4 rings (SSSR count). The predicted molar refractivity (Wildman–Crippen MR) is 93.3 cm³/mol. The molecule has 1 aliphatic rings. The number of anilines is 1. The first-order valence-corrected chi connectivity index (χ1v) is 8.24. The standard InChI is InChI=1S/C17H19N7O/c18-14-5-7-24(8-6-14)16-19-11-20-17(23-16)25-15-3-1-12(2-4-15)13-9-21-22-10-13/h1-4,9-11,14H,5-8,18H2,(H,21,22). The Kier molecular flexibility index (Phi) is 4.26. The van der Waals surface area contributed by atoms with Crippen molar-refractivity contribution in [1.82, 2.24) is 25.1 Å². The zero-order valence-corrected chi connectivity index (χ0v) is 13.7. The lowest BCUT2D eigenvalue weighted by molar-refractivity contribution is 0.435. The first-order chi connectivity index (χ1) is 12.3. The highest BCUT2D eigenvalue weighted by Gasteiger charge is 2.19. The van der Waals surface area contributed by atoms with Gasteiger partial charge in [0.15, 0.2) is 0 Å². The number of nitrogens with zero attached hydrogens (tertiary/aromatic N) is 5. The molecule has 25 heavy (non-hydrogen) atoms. The number of nitrogens with one attached hydrogen (secondary N) is 1. The fourth-order valence-corrected chi connectivity index (χ4v) is 2.80. The predicted octanol–water partition coefficient (Wildman–Crippen LogP) is 1.98.